The number of fused-ring (bicyclic) bond motifs is 1. The molecule has 0 radical (unpaired) electrons. The molecule has 0 saturated heterocycles. The van der Waals surface area contributed by atoms with Crippen molar-refractivity contribution < 1.29 is 4.79 Å². The molecule has 0 aliphatic heterocycles. The maximum Gasteiger partial charge on any atom is 0.240 e. The molecule has 1 aromatic heterocycles. The Bertz CT molecular complexity index is 506. The van der Waals surface area contributed by atoms with Crippen LogP contribution in [0.4, 0.5) is 0 Å². The van der Waals surface area contributed by atoms with E-state index >= 15 is 0 Å². The number of rotatable bonds is 2. The van der Waals surface area contributed by atoms with Gasteiger partial charge in [0, 0.05) is 10.8 Å². The van der Waals surface area contributed by atoms with Gasteiger partial charge in [-0.3, -0.25) is 4.79 Å². The van der Waals surface area contributed by atoms with Crippen LogP contribution in [-0.2, 0) is 4.79 Å². The fourth-order valence-electron chi connectivity index (χ4n) is 1.41. The second kappa shape index (κ2) is 3.62. The van der Waals surface area contributed by atoms with Crippen LogP contribution in [0.3, 0.4) is 0 Å². The highest BCUT2D eigenvalue weighted by Gasteiger charge is 2.16. The van der Waals surface area contributed by atoms with Crippen LogP contribution in [0.1, 0.15) is 11.7 Å². The SMILES string of the molecule is NC(=O)C(N)c1nncc2ccccc12. The highest BCUT2D eigenvalue weighted by atomic mass is 16.1. The molecule has 1 amide bonds. The number of nitrogens with two attached hydrogens (primary N) is 2. The van der Waals surface area contributed by atoms with Crippen LogP contribution in [0.15, 0.2) is 30.5 Å². The zero-order valence-corrected chi connectivity index (χ0v) is 7.92. The zero-order chi connectivity index (χ0) is 10.8. The molecule has 5 heteroatoms. The van der Waals surface area contributed by atoms with E-state index in [1.807, 2.05) is 24.3 Å². The molecule has 0 fully saturated rings. The normalized spacial score (nSPS) is 12.6. The van der Waals surface area contributed by atoms with E-state index in [0.717, 1.165) is 10.8 Å². The zero-order valence-electron chi connectivity index (χ0n) is 7.92. The van der Waals surface area contributed by atoms with E-state index in [9.17, 15) is 4.79 Å². The van der Waals surface area contributed by atoms with Crippen LogP contribution in [0.2, 0.25) is 0 Å². The smallest absolute Gasteiger partial charge is 0.240 e. The summed E-state index contributed by atoms with van der Waals surface area (Å²) in [6.45, 7) is 0. The lowest BCUT2D eigenvalue weighted by Gasteiger charge is -2.08. The van der Waals surface area contributed by atoms with Gasteiger partial charge in [0.05, 0.1) is 11.9 Å². The molecule has 2 aromatic rings. The lowest BCUT2D eigenvalue weighted by Crippen LogP contribution is -2.29. The molecule has 0 spiro atoms. The number of benzene rings is 1. The fraction of sp³-hybridized carbons (Fsp3) is 0.100. The number of nitrogens with zero attached hydrogens (tertiary/aromatic N) is 2. The lowest BCUT2D eigenvalue weighted by atomic mass is 10.1. The van der Waals surface area contributed by atoms with Crippen LogP contribution < -0.4 is 11.5 Å². The molecule has 0 aliphatic rings. The predicted octanol–water partition coefficient (Wildman–Crippen LogP) is 0.115. The predicted molar refractivity (Wildman–Crippen MR) is 55.7 cm³/mol. The lowest BCUT2D eigenvalue weighted by molar-refractivity contribution is -0.119. The Morgan fingerprint density at radius 2 is 2.07 bits per heavy atom. The van der Waals surface area contributed by atoms with Gasteiger partial charge in [0.1, 0.15) is 6.04 Å². The molecule has 0 saturated carbocycles. The van der Waals surface area contributed by atoms with Crippen LogP contribution in [0, 0.1) is 0 Å². The molecular formula is C10H10N4O. The van der Waals surface area contributed by atoms with Crippen molar-refractivity contribution in [2.45, 2.75) is 6.04 Å². The van der Waals surface area contributed by atoms with Crippen molar-refractivity contribution in [1.82, 2.24) is 10.2 Å². The minimum absolute atomic E-state index is 0.417. The Hall–Kier alpha value is -2.01. The van der Waals surface area contributed by atoms with Gasteiger partial charge in [0.2, 0.25) is 5.91 Å². The van der Waals surface area contributed by atoms with E-state index in [1.54, 1.807) is 6.20 Å². The topological polar surface area (TPSA) is 94.9 Å². The number of aromatic nitrogens is 2. The summed E-state index contributed by atoms with van der Waals surface area (Å²) in [6.07, 6.45) is 1.62. The number of primary amides is 1. The van der Waals surface area contributed by atoms with Crippen LogP contribution >= 0.6 is 0 Å². The summed E-state index contributed by atoms with van der Waals surface area (Å²) in [4.78, 5) is 11.0. The van der Waals surface area contributed by atoms with Crippen LogP contribution in [0.5, 0.6) is 0 Å². The number of hydrogen-bond acceptors (Lipinski definition) is 4. The average Bonchev–Trinajstić information content (AvgIpc) is 2.27. The van der Waals surface area contributed by atoms with Crippen molar-refractivity contribution in [1.29, 1.82) is 0 Å². The van der Waals surface area contributed by atoms with E-state index in [2.05, 4.69) is 10.2 Å². The van der Waals surface area contributed by atoms with Gasteiger partial charge in [-0.05, 0) is 0 Å². The minimum atomic E-state index is -0.913. The van der Waals surface area contributed by atoms with Gasteiger partial charge in [0.25, 0.3) is 0 Å². The third-order valence-corrected chi connectivity index (χ3v) is 2.20. The quantitative estimate of drug-likeness (QED) is 0.722. The number of hydrogen-bond donors (Lipinski definition) is 2. The van der Waals surface area contributed by atoms with Gasteiger partial charge in [-0.1, -0.05) is 24.3 Å². The summed E-state index contributed by atoms with van der Waals surface area (Å²) in [5, 5.41) is 9.32. The first kappa shape index (κ1) is 9.54. The fourth-order valence-corrected chi connectivity index (χ4v) is 1.41. The molecular weight excluding hydrogens is 192 g/mol. The molecule has 4 N–H and O–H groups in total. The van der Waals surface area contributed by atoms with Crippen molar-refractivity contribution in [2.75, 3.05) is 0 Å². The summed E-state index contributed by atoms with van der Waals surface area (Å²) in [6, 6.07) is 6.53. The molecule has 1 unspecified atom stereocenters. The maximum absolute atomic E-state index is 11.0. The van der Waals surface area contributed by atoms with Gasteiger partial charge in [-0.15, -0.1) is 0 Å². The molecule has 1 heterocycles. The third-order valence-electron chi connectivity index (χ3n) is 2.20. The van der Waals surface area contributed by atoms with Crippen molar-refractivity contribution in [2.24, 2.45) is 11.5 Å². The second-order valence-corrected chi connectivity index (χ2v) is 3.20. The molecule has 15 heavy (non-hydrogen) atoms. The Balaban J connectivity index is 2.65. The Labute approximate surface area is 86.1 Å². The van der Waals surface area contributed by atoms with Crippen molar-refractivity contribution in [3.8, 4) is 0 Å². The molecule has 0 bridgehead atoms. The largest absolute Gasteiger partial charge is 0.368 e. The van der Waals surface area contributed by atoms with Crippen molar-refractivity contribution in [3.63, 3.8) is 0 Å². The first-order valence-electron chi connectivity index (χ1n) is 4.45. The van der Waals surface area contributed by atoms with Crippen molar-refractivity contribution in [3.05, 3.63) is 36.2 Å². The minimum Gasteiger partial charge on any atom is -0.368 e. The number of carbonyl (C=O) groups excluding carboxylic acids is 1. The molecule has 0 aliphatic carbocycles. The summed E-state index contributed by atoms with van der Waals surface area (Å²) < 4.78 is 0. The van der Waals surface area contributed by atoms with Crippen LogP contribution in [0.25, 0.3) is 10.8 Å². The van der Waals surface area contributed by atoms with E-state index in [1.165, 1.54) is 0 Å². The first-order chi connectivity index (χ1) is 7.20. The van der Waals surface area contributed by atoms with E-state index in [0.29, 0.717) is 5.69 Å². The van der Waals surface area contributed by atoms with Gasteiger partial charge in [-0.2, -0.15) is 10.2 Å². The summed E-state index contributed by atoms with van der Waals surface area (Å²) in [5.41, 5.74) is 11.2. The molecule has 76 valence electrons. The highest BCUT2D eigenvalue weighted by Crippen LogP contribution is 2.19. The maximum atomic E-state index is 11.0. The third kappa shape index (κ3) is 1.64. The van der Waals surface area contributed by atoms with Crippen LogP contribution in [-0.4, -0.2) is 16.1 Å². The van der Waals surface area contributed by atoms with E-state index in [-0.39, 0.29) is 0 Å². The van der Waals surface area contributed by atoms with E-state index in [4.69, 9.17) is 11.5 Å². The monoisotopic (exact) mass is 202 g/mol. The number of amides is 1. The highest BCUT2D eigenvalue weighted by molar-refractivity contribution is 5.90. The van der Waals surface area contributed by atoms with Gasteiger partial charge >= 0.3 is 0 Å². The van der Waals surface area contributed by atoms with Gasteiger partial charge < -0.3 is 11.5 Å². The van der Waals surface area contributed by atoms with Gasteiger partial charge in [0.15, 0.2) is 0 Å². The van der Waals surface area contributed by atoms with Gasteiger partial charge in [-0.25, -0.2) is 0 Å². The van der Waals surface area contributed by atoms with E-state index < -0.39 is 11.9 Å². The standard InChI is InChI=1S/C10H10N4O/c11-8(10(12)15)9-7-4-2-1-3-6(7)5-13-14-9/h1-5,8H,11H2,(H2,12,15). The molecule has 5 nitrogen and oxygen atoms in total. The summed E-state index contributed by atoms with van der Waals surface area (Å²) in [5.74, 6) is -0.611. The van der Waals surface area contributed by atoms with Crippen molar-refractivity contribution >= 4 is 16.7 Å². The summed E-state index contributed by atoms with van der Waals surface area (Å²) in [7, 11) is 0. The molecule has 1 atom stereocenters. The average molecular weight is 202 g/mol. The molecule has 1 aromatic carbocycles. The Morgan fingerprint density at radius 3 is 2.80 bits per heavy atom. The molecule has 2 rings (SSSR count). The number of carbonyl (C=O) groups is 1. The Morgan fingerprint density at radius 1 is 1.33 bits per heavy atom. The first-order valence-corrected chi connectivity index (χ1v) is 4.45. The Kier molecular flexibility index (Phi) is 2.31. The second-order valence-electron chi connectivity index (χ2n) is 3.20. The summed E-state index contributed by atoms with van der Waals surface area (Å²) >= 11 is 0.